The van der Waals surface area contributed by atoms with Crippen molar-refractivity contribution in [1.82, 2.24) is 20.0 Å². The van der Waals surface area contributed by atoms with E-state index in [-0.39, 0.29) is 5.02 Å². The van der Waals surface area contributed by atoms with Crippen molar-refractivity contribution in [2.24, 2.45) is 7.05 Å². The van der Waals surface area contributed by atoms with Crippen LogP contribution in [0.4, 0.5) is 10.2 Å². The highest BCUT2D eigenvalue weighted by Crippen LogP contribution is 2.38. The zero-order valence-electron chi connectivity index (χ0n) is 10.6. The Morgan fingerprint density at radius 3 is 2.80 bits per heavy atom. The zero-order chi connectivity index (χ0) is 14.3. The van der Waals surface area contributed by atoms with E-state index in [0.717, 1.165) is 0 Å². The highest BCUT2D eigenvalue weighted by atomic mass is 35.5. The molecule has 5 nitrogen and oxygen atoms in total. The van der Waals surface area contributed by atoms with E-state index in [4.69, 9.17) is 17.3 Å². The summed E-state index contributed by atoms with van der Waals surface area (Å²) in [6.07, 6.45) is 1.62. The molecule has 0 aliphatic carbocycles. The maximum atomic E-state index is 13.2. The lowest BCUT2D eigenvalue weighted by atomic mass is 10.0. The number of aromatic nitrogens is 4. The van der Waals surface area contributed by atoms with Crippen molar-refractivity contribution in [2.45, 2.75) is 0 Å². The van der Waals surface area contributed by atoms with Crippen molar-refractivity contribution in [3.63, 3.8) is 0 Å². The summed E-state index contributed by atoms with van der Waals surface area (Å²) in [5.74, 6) is 0.0485. The van der Waals surface area contributed by atoms with Crippen molar-refractivity contribution in [3.05, 3.63) is 41.3 Å². The second kappa shape index (κ2) is 4.64. The molecule has 0 amide bonds. The summed E-state index contributed by atoms with van der Waals surface area (Å²) in [5, 5.41) is 11.4. The first-order valence-corrected chi connectivity index (χ1v) is 6.23. The average Bonchev–Trinajstić information content (AvgIpc) is 3.01. The monoisotopic (exact) mass is 291 g/mol. The number of nitrogens with one attached hydrogen (secondary N) is 1. The summed E-state index contributed by atoms with van der Waals surface area (Å²) >= 11 is 6.12. The molecule has 0 aliphatic rings. The minimum atomic E-state index is -0.399. The second-order valence-electron chi connectivity index (χ2n) is 4.33. The van der Waals surface area contributed by atoms with Gasteiger partial charge in [0.2, 0.25) is 0 Å². The van der Waals surface area contributed by atoms with Crippen LogP contribution in [0.25, 0.3) is 22.5 Å². The molecule has 0 fully saturated rings. The Bertz CT molecular complexity index is 763. The van der Waals surface area contributed by atoms with Crippen LogP contribution in [-0.2, 0) is 7.05 Å². The third kappa shape index (κ3) is 1.94. The number of hydrogen-bond donors (Lipinski definition) is 2. The Morgan fingerprint density at radius 1 is 1.35 bits per heavy atom. The Labute approximate surface area is 119 Å². The maximum Gasteiger partial charge on any atom is 0.130 e. The van der Waals surface area contributed by atoms with Crippen molar-refractivity contribution < 1.29 is 4.39 Å². The van der Waals surface area contributed by atoms with Gasteiger partial charge in [-0.15, -0.1) is 0 Å². The molecule has 3 rings (SSSR count). The molecule has 0 bridgehead atoms. The molecule has 1 aromatic carbocycles. The molecule has 0 saturated heterocycles. The molecular formula is C13H11ClFN5. The minimum absolute atomic E-state index is 0.283. The molecule has 0 spiro atoms. The van der Waals surface area contributed by atoms with Gasteiger partial charge in [0.15, 0.2) is 0 Å². The van der Waals surface area contributed by atoms with E-state index in [9.17, 15) is 4.39 Å². The van der Waals surface area contributed by atoms with Crippen LogP contribution in [0.5, 0.6) is 0 Å². The molecule has 0 saturated carbocycles. The summed E-state index contributed by atoms with van der Waals surface area (Å²) < 4.78 is 14.7. The standard InChI is InChI=1S/C13H11ClFN5/c1-20-13(16)11(8-3-2-7(15)6-9(8)14)12(19-20)10-4-5-17-18-10/h2-6H,16H2,1H3,(H,17,18). The lowest BCUT2D eigenvalue weighted by molar-refractivity contribution is 0.628. The molecule has 0 aliphatic heterocycles. The quantitative estimate of drug-likeness (QED) is 0.762. The normalized spacial score (nSPS) is 10.9. The number of halogens is 2. The van der Waals surface area contributed by atoms with Crippen LogP contribution in [0.3, 0.4) is 0 Å². The van der Waals surface area contributed by atoms with Crippen LogP contribution in [-0.4, -0.2) is 20.0 Å². The van der Waals surface area contributed by atoms with E-state index in [1.165, 1.54) is 12.1 Å². The van der Waals surface area contributed by atoms with E-state index in [1.807, 2.05) is 0 Å². The zero-order valence-corrected chi connectivity index (χ0v) is 11.3. The number of nitrogens with zero attached hydrogens (tertiary/aromatic N) is 3. The first-order chi connectivity index (χ1) is 9.58. The van der Waals surface area contributed by atoms with Gasteiger partial charge in [0.05, 0.1) is 16.3 Å². The highest BCUT2D eigenvalue weighted by molar-refractivity contribution is 6.33. The first kappa shape index (κ1) is 12.7. The lowest BCUT2D eigenvalue weighted by Crippen LogP contribution is -1.98. The van der Waals surface area contributed by atoms with Crippen molar-refractivity contribution >= 4 is 17.4 Å². The molecule has 3 N–H and O–H groups in total. The fourth-order valence-corrected chi connectivity index (χ4v) is 2.33. The fraction of sp³-hybridized carbons (Fsp3) is 0.0769. The first-order valence-electron chi connectivity index (χ1n) is 5.85. The summed E-state index contributed by atoms with van der Waals surface area (Å²) in [4.78, 5) is 0. The summed E-state index contributed by atoms with van der Waals surface area (Å²) in [6, 6.07) is 5.96. The van der Waals surface area contributed by atoms with Gasteiger partial charge in [0.1, 0.15) is 17.3 Å². The number of aryl methyl sites for hydroxylation is 1. The number of nitrogens with two attached hydrogens (primary N) is 1. The largest absolute Gasteiger partial charge is 0.383 e. The maximum absolute atomic E-state index is 13.2. The van der Waals surface area contributed by atoms with E-state index in [2.05, 4.69) is 15.3 Å². The van der Waals surface area contributed by atoms with Crippen LogP contribution in [0.2, 0.25) is 5.02 Å². The lowest BCUT2D eigenvalue weighted by Gasteiger charge is -2.05. The smallest absolute Gasteiger partial charge is 0.130 e. The van der Waals surface area contributed by atoms with Crippen LogP contribution in [0.15, 0.2) is 30.5 Å². The number of nitrogen functional groups attached to an aromatic ring is 1. The predicted octanol–water partition coefficient (Wildman–Crippen LogP) is 2.85. The SMILES string of the molecule is Cn1nc(-c2ccn[nH]2)c(-c2ccc(F)cc2Cl)c1N. The molecule has 0 radical (unpaired) electrons. The van der Waals surface area contributed by atoms with Crippen molar-refractivity contribution in [3.8, 4) is 22.5 Å². The van der Waals surface area contributed by atoms with Gasteiger partial charge in [-0.1, -0.05) is 11.6 Å². The number of anilines is 1. The van der Waals surface area contributed by atoms with Gasteiger partial charge in [-0.05, 0) is 24.3 Å². The van der Waals surface area contributed by atoms with Gasteiger partial charge in [0, 0.05) is 18.8 Å². The number of aromatic amines is 1. The molecular weight excluding hydrogens is 281 g/mol. The Morgan fingerprint density at radius 2 is 2.15 bits per heavy atom. The molecule has 0 atom stereocenters. The second-order valence-corrected chi connectivity index (χ2v) is 4.73. The van der Waals surface area contributed by atoms with Gasteiger partial charge in [0.25, 0.3) is 0 Å². The molecule has 102 valence electrons. The van der Waals surface area contributed by atoms with Crippen LogP contribution in [0, 0.1) is 5.82 Å². The average molecular weight is 292 g/mol. The Balaban J connectivity index is 2.28. The van der Waals surface area contributed by atoms with E-state index in [1.54, 1.807) is 30.1 Å². The summed E-state index contributed by atoms with van der Waals surface area (Å²) in [5.41, 5.74) is 8.68. The van der Waals surface area contributed by atoms with Gasteiger partial charge in [-0.25, -0.2) is 4.39 Å². The predicted molar refractivity (Wildman–Crippen MR) is 75.6 cm³/mol. The number of H-pyrrole nitrogens is 1. The number of rotatable bonds is 2. The van der Waals surface area contributed by atoms with Crippen LogP contribution >= 0.6 is 11.6 Å². The topological polar surface area (TPSA) is 72.5 Å². The van der Waals surface area contributed by atoms with E-state index in [0.29, 0.717) is 28.3 Å². The van der Waals surface area contributed by atoms with E-state index < -0.39 is 5.82 Å². The Hall–Kier alpha value is -2.34. The molecule has 2 heterocycles. The minimum Gasteiger partial charge on any atom is -0.383 e. The van der Waals surface area contributed by atoms with Crippen LogP contribution < -0.4 is 5.73 Å². The fourth-order valence-electron chi connectivity index (χ4n) is 2.07. The van der Waals surface area contributed by atoms with Gasteiger partial charge >= 0.3 is 0 Å². The summed E-state index contributed by atoms with van der Waals surface area (Å²) in [6.45, 7) is 0. The van der Waals surface area contributed by atoms with E-state index >= 15 is 0 Å². The molecule has 0 unspecified atom stereocenters. The third-order valence-electron chi connectivity index (χ3n) is 3.05. The molecule has 2 aromatic heterocycles. The van der Waals surface area contributed by atoms with Crippen molar-refractivity contribution in [2.75, 3.05) is 5.73 Å². The third-order valence-corrected chi connectivity index (χ3v) is 3.36. The van der Waals surface area contributed by atoms with Crippen LogP contribution in [0.1, 0.15) is 0 Å². The van der Waals surface area contributed by atoms with Gasteiger partial charge < -0.3 is 5.73 Å². The highest BCUT2D eigenvalue weighted by Gasteiger charge is 2.20. The molecule has 20 heavy (non-hydrogen) atoms. The Kier molecular flexibility index (Phi) is 2.94. The number of benzene rings is 1. The van der Waals surface area contributed by atoms with Crippen molar-refractivity contribution in [1.29, 1.82) is 0 Å². The van der Waals surface area contributed by atoms with Gasteiger partial charge in [-0.2, -0.15) is 10.2 Å². The number of hydrogen-bond acceptors (Lipinski definition) is 3. The van der Waals surface area contributed by atoms with Gasteiger partial charge in [-0.3, -0.25) is 9.78 Å². The summed E-state index contributed by atoms with van der Waals surface area (Å²) in [7, 11) is 1.73. The molecule has 7 heteroatoms. The molecule has 3 aromatic rings.